The van der Waals surface area contributed by atoms with Gasteiger partial charge in [-0.15, -0.1) is 0 Å². The number of hydrogen-bond donors (Lipinski definition) is 0. The van der Waals surface area contributed by atoms with Gasteiger partial charge in [-0.3, -0.25) is 0 Å². The van der Waals surface area contributed by atoms with Gasteiger partial charge >= 0.3 is 0 Å². The van der Waals surface area contributed by atoms with Crippen molar-refractivity contribution in [2.45, 2.75) is 274 Å². The van der Waals surface area contributed by atoms with Crippen molar-refractivity contribution in [2.24, 2.45) is 0 Å². The third-order valence-electron chi connectivity index (χ3n) is 18.9. The van der Waals surface area contributed by atoms with E-state index in [0.29, 0.717) is 54.1 Å². The van der Waals surface area contributed by atoms with E-state index < -0.39 is 0 Å². The van der Waals surface area contributed by atoms with Crippen LogP contribution in [0.4, 0.5) is 4.39 Å². The number of aryl methyl sites for hydroxylation is 12. The van der Waals surface area contributed by atoms with E-state index in [-0.39, 0.29) is 11.7 Å². The minimum Gasteiger partial charge on any atom is -0.493 e. The van der Waals surface area contributed by atoms with Crippen LogP contribution in [0.25, 0.3) is 0 Å². The van der Waals surface area contributed by atoms with Gasteiger partial charge in [-0.25, -0.2) is 4.39 Å². The summed E-state index contributed by atoms with van der Waals surface area (Å²) in [6, 6.07) is 57.3. The van der Waals surface area contributed by atoms with Crippen molar-refractivity contribution in [1.82, 2.24) is 0 Å². The maximum absolute atomic E-state index is 13.0. The van der Waals surface area contributed by atoms with Crippen LogP contribution in [0, 0.1) is 95.8 Å². The minimum atomic E-state index is -0.0920. The number of rotatable bonds is 9. The first-order valence-corrected chi connectivity index (χ1v) is 37.7. The van der Waals surface area contributed by atoms with Crippen LogP contribution in [0.5, 0.6) is 17.2 Å². The van der Waals surface area contributed by atoms with E-state index in [1.807, 2.05) is 39.0 Å². The number of fused-ring (bicyclic) bond motifs is 2. The number of halogens is 1. The van der Waals surface area contributed by atoms with Crippen LogP contribution in [0.1, 0.15) is 306 Å². The lowest BCUT2D eigenvalue weighted by Gasteiger charge is -2.12. The zero-order valence-electron chi connectivity index (χ0n) is 69.0. The van der Waals surface area contributed by atoms with E-state index >= 15 is 0 Å². The molecule has 0 aliphatic carbocycles. The molecule has 0 saturated carbocycles. The van der Waals surface area contributed by atoms with E-state index in [9.17, 15) is 4.39 Å². The fraction of sp³-hybridized carbons (Fsp3) is 0.443. The zero-order valence-corrected chi connectivity index (χ0v) is 69.0. The second-order valence-electron chi connectivity index (χ2n) is 31.0. The summed E-state index contributed by atoms with van der Waals surface area (Å²) in [5.74, 6) is 8.06. The maximum Gasteiger partial charge on any atom is 0.231 e. The second kappa shape index (κ2) is 43.3. The normalized spacial score (nSPS) is 11.5. The highest BCUT2D eigenvalue weighted by Gasteiger charge is 2.19. The van der Waals surface area contributed by atoms with Gasteiger partial charge in [0.15, 0.2) is 11.5 Å². The highest BCUT2D eigenvalue weighted by atomic mass is 19.1. The van der Waals surface area contributed by atoms with Crippen LogP contribution in [0.2, 0.25) is 0 Å². The van der Waals surface area contributed by atoms with Crippen molar-refractivity contribution in [3.05, 3.63) is 298 Å². The summed E-state index contributed by atoms with van der Waals surface area (Å²) in [4.78, 5) is 0. The molecule has 3 nitrogen and oxygen atoms in total. The molecule has 0 saturated heterocycles. The predicted molar refractivity (Wildman–Crippen MR) is 442 cm³/mol. The average molecular weight is 1370 g/mol. The summed E-state index contributed by atoms with van der Waals surface area (Å²) in [6.45, 7) is 68.8. The van der Waals surface area contributed by atoms with Gasteiger partial charge in [-0.2, -0.15) is 0 Å². The number of benzene rings is 9. The standard InChI is InChI=1S/C11H14O.6C11H16.C10H13F.C10H12O2/c1-8(2)9-3-4-11-10(7-9)5-6-12-11;1-8(2)11-6-9(3)5-10(4)7-11;1-8(2)11-6-5-9(3)10(4)7-11;1-8(2)11-7-9(3)5-6-10(11)4;1-8(2)11-7-5-6-9(3)10(11)4;2*1-8(2)11-9(3)6-5-7-10(11)4;1-7(2)9-6-8(3)4-5-10(9)11;1-7(2)8-4-3-5-9-10(8)12-6-11-9/h3-4,7-8H,5-6H2,1-2H3;6*5-8H,1-4H3;4-7H,1-3H3;3-5,7H,6H2,1-2H3. The first kappa shape index (κ1) is 87.5. The van der Waals surface area contributed by atoms with Gasteiger partial charge in [0.05, 0.1) is 6.61 Å². The molecule has 4 heteroatoms. The molecule has 0 radical (unpaired) electrons. The molecule has 0 amide bonds. The van der Waals surface area contributed by atoms with Gasteiger partial charge in [0, 0.05) is 12.0 Å². The number of ether oxygens (including phenoxy) is 3. The largest absolute Gasteiger partial charge is 0.493 e. The fourth-order valence-electron chi connectivity index (χ4n) is 12.8. The highest BCUT2D eigenvalue weighted by molar-refractivity contribution is 5.49. The summed E-state index contributed by atoms with van der Waals surface area (Å²) in [5.41, 5.74) is 31.6. The van der Waals surface area contributed by atoms with Crippen molar-refractivity contribution in [3.63, 3.8) is 0 Å². The molecule has 0 N–H and O–H groups in total. The van der Waals surface area contributed by atoms with E-state index in [4.69, 9.17) is 14.2 Å². The Hall–Kier alpha value is -7.69. The molecule has 11 rings (SSSR count). The molecule has 2 heterocycles. The lowest BCUT2D eigenvalue weighted by atomic mass is 9.94. The van der Waals surface area contributed by atoms with Gasteiger partial charge in [-0.05, 0) is 262 Å². The highest BCUT2D eigenvalue weighted by Crippen LogP contribution is 2.39. The molecule has 9 aromatic rings. The molecular formula is C97H135FO3. The first-order valence-electron chi connectivity index (χ1n) is 37.7. The molecular weight excluding hydrogens is 1230 g/mol. The van der Waals surface area contributed by atoms with Crippen LogP contribution >= 0.6 is 0 Å². The molecule has 2 aliphatic rings. The van der Waals surface area contributed by atoms with Crippen molar-refractivity contribution in [3.8, 4) is 17.2 Å². The van der Waals surface area contributed by atoms with Crippen LogP contribution in [-0.4, -0.2) is 13.4 Å². The summed E-state index contributed by atoms with van der Waals surface area (Å²) in [7, 11) is 0. The number of hydrogen-bond acceptors (Lipinski definition) is 3. The summed E-state index contributed by atoms with van der Waals surface area (Å²) in [6.07, 6.45) is 1.08. The molecule has 2 aliphatic heterocycles. The molecule has 9 aromatic carbocycles. The Morgan fingerprint density at radius 1 is 0.277 bits per heavy atom. The predicted octanol–water partition coefficient (Wildman–Crippen LogP) is 29.1. The van der Waals surface area contributed by atoms with Crippen molar-refractivity contribution < 1.29 is 18.6 Å². The van der Waals surface area contributed by atoms with Crippen LogP contribution < -0.4 is 14.2 Å². The van der Waals surface area contributed by atoms with Gasteiger partial charge in [0.2, 0.25) is 6.79 Å². The van der Waals surface area contributed by atoms with Gasteiger partial charge in [0.25, 0.3) is 0 Å². The lowest BCUT2D eigenvalue weighted by Crippen LogP contribution is -1.95. The summed E-state index contributed by atoms with van der Waals surface area (Å²) < 4.78 is 29.1. The Bertz CT molecular complexity index is 3760. The molecule has 0 atom stereocenters. The Morgan fingerprint density at radius 3 is 1.14 bits per heavy atom. The summed E-state index contributed by atoms with van der Waals surface area (Å²) in [5, 5.41) is 0. The Balaban J connectivity index is 0.000000296. The molecule has 0 fully saturated rings. The Kier molecular flexibility index (Phi) is 37.5. The van der Waals surface area contributed by atoms with Crippen molar-refractivity contribution >= 4 is 0 Å². The molecule has 0 bridgehead atoms. The number of para-hydroxylation sites is 1. The topological polar surface area (TPSA) is 27.7 Å². The maximum atomic E-state index is 13.0. The van der Waals surface area contributed by atoms with Gasteiger partial charge in [-0.1, -0.05) is 292 Å². The Labute approximate surface area is 617 Å². The Morgan fingerprint density at radius 2 is 0.703 bits per heavy atom. The molecule has 548 valence electrons. The van der Waals surface area contributed by atoms with Crippen molar-refractivity contribution in [1.29, 1.82) is 0 Å². The van der Waals surface area contributed by atoms with Crippen LogP contribution in [0.15, 0.2) is 164 Å². The third-order valence-corrected chi connectivity index (χ3v) is 18.9. The van der Waals surface area contributed by atoms with E-state index in [0.717, 1.165) is 41.4 Å². The second-order valence-corrected chi connectivity index (χ2v) is 31.0. The van der Waals surface area contributed by atoms with E-state index in [1.54, 1.807) is 6.07 Å². The lowest BCUT2D eigenvalue weighted by molar-refractivity contribution is 0.173. The minimum absolute atomic E-state index is 0.0920. The van der Waals surface area contributed by atoms with Crippen LogP contribution in [-0.2, 0) is 6.42 Å². The van der Waals surface area contributed by atoms with E-state index in [2.05, 4.69) is 327 Å². The average Bonchev–Trinajstić information content (AvgIpc) is 1.70. The summed E-state index contributed by atoms with van der Waals surface area (Å²) >= 11 is 0. The fourth-order valence-corrected chi connectivity index (χ4v) is 12.8. The smallest absolute Gasteiger partial charge is 0.231 e. The zero-order chi connectivity index (χ0) is 76.1. The van der Waals surface area contributed by atoms with Crippen molar-refractivity contribution in [2.75, 3.05) is 13.4 Å². The van der Waals surface area contributed by atoms with E-state index in [1.165, 1.54) is 123 Å². The monoisotopic (exact) mass is 1370 g/mol. The van der Waals surface area contributed by atoms with Gasteiger partial charge in [0.1, 0.15) is 11.6 Å². The SMILES string of the molecule is CC(C)c1ccc2c(c1)CCO2.CC(C)c1cccc2c1OCO2.Cc1cc(C)cc(C(C)C)c1.Cc1ccc(C(C)C)cc1C.Cc1ccc(C)c(C(C)C)c1.Cc1ccc(F)c(C(C)C)c1.Cc1cccc(C(C)C)c1C.Cc1cccc(C)c1C(C)C.Cc1cccc(C)c1C(C)C. The van der Waals surface area contributed by atoms with Crippen LogP contribution in [0.3, 0.4) is 0 Å². The third kappa shape index (κ3) is 29.3. The first-order chi connectivity index (χ1) is 47.4. The molecule has 0 spiro atoms. The quantitative estimate of drug-likeness (QED) is 0.144. The molecule has 0 aromatic heterocycles. The molecule has 0 unspecified atom stereocenters. The molecule has 101 heavy (non-hydrogen) atoms. The van der Waals surface area contributed by atoms with Gasteiger partial charge < -0.3 is 14.2 Å².